The Bertz CT molecular complexity index is 916. The summed E-state index contributed by atoms with van der Waals surface area (Å²) in [7, 11) is 2.09. The number of fused-ring (bicyclic) bond motifs is 2. The average molecular weight is 458 g/mol. The molecule has 25 heavy (non-hydrogen) atoms. The molecule has 4 rings (SSSR count). The second-order valence-electron chi connectivity index (χ2n) is 7.00. The van der Waals surface area contributed by atoms with Gasteiger partial charge in [0.2, 0.25) is 0 Å². The Kier molecular flexibility index (Phi) is 4.14. The minimum Gasteiger partial charge on any atom is -0.490 e. The van der Waals surface area contributed by atoms with Crippen LogP contribution in [0.3, 0.4) is 0 Å². The topological polar surface area (TPSA) is 50.6 Å². The van der Waals surface area contributed by atoms with Gasteiger partial charge in [-0.1, -0.05) is 0 Å². The Balaban J connectivity index is 2.08. The second-order valence-corrected chi connectivity index (χ2v) is 7.96. The van der Waals surface area contributed by atoms with Crippen LogP contribution in [0.15, 0.2) is 10.9 Å². The van der Waals surface area contributed by atoms with Crippen molar-refractivity contribution in [2.75, 3.05) is 31.6 Å². The number of anilines is 1. The summed E-state index contributed by atoms with van der Waals surface area (Å²) in [5.74, 6) is 0.394. The van der Waals surface area contributed by atoms with Gasteiger partial charge in [-0.25, -0.2) is 12.0 Å². The molecule has 1 aromatic carbocycles. The first kappa shape index (κ1) is 17.0. The molecule has 2 atom stereocenters. The molecule has 2 aromatic rings. The molecule has 0 saturated carbocycles. The maximum absolute atomic E-state index is 14.8. The predicted molar refractivity (Wildman–Crippen MR) is 103 cm³/mol. The predicted octanol–water partition coefficient (Wildman–Crippen LogP) is 2.33. The van der Waals surface area contributed by atoms with E-state index in [-0.39, 0.29) is 29.3 Å². The lowest BCUT2D eigenvalue weighted by Crippen LogP contribution is -2.58. The molecule has 3 heterocycles. The SMILES string of the molecule is Cc1cc2c3c(nc(=O)n2I)N2C(C)CN(C)CC2CCOc3c1F. The zero-order valence-corrected chi connectivity index (χ0v) is 16.6. The molecule has 1 aromatic heterocycles. The third kappa shape index (κ3) is 2.61. The number of rotatable bonds is 0. The lowest BCUT2D eigenvalue weighted by molar-refractivity contribution is 0.199. The van der Waals surface area contributed by atoms with E-state index in [1.165, 1.54) is 2.78 Å². The first-order chi connectivity index (χ1) is 11.9. The van der Waals surface area contributed by atoms with E-state index in [1.54, 1.807) is 13.0 Å². The van der Waals surface area contributed by atoms with E-state index in [4.69, 9.17) is 4.74 Å². The third-order valence-electron chi connectivity index (χ3n) is 5.10. The highest BCUT2D eigenvalue weighted by Crippen LogP contribution is 2.40. The van der Waals surface area contributed by atoms with Crippen LogP contribution >= 0.6 is 22.9 Å². The van der Waals surface area contributed by atoms with Crippen LogP contribution in [0.2, 0.25) is 0 Å². The van der Waals surface area contributed by atoms with Crippen molar-refractivity contribution in [3.05, 3.63) is 27.9 Å². The fourth-order valence-corrected chi connectivity index (χ4v) is 4.55. The van der Waals surface area contributed by atoms with Gasteiger partial charge < -0.3 is 14.5 Å². The molecule has 0 bridgehead atoms. The summed E-state index contributed by atoms with van der Waals surface area (Å²) in [6.45, 7) is 6.00. The number of nitrogens with zero attached hydrogens (tertiary/aromatic N) is 4. The van der Waals surface area contributed by atoms with Crippen molar-refractivity contribution >= 4 is 39.6 Å². The van der Waals surface area contributed by atoms with Crippen LogP contribution in [0.1, 0.15) is 18.9 Å². The zero-order chi connectivity index (χ0) is 17.9. The number of aryl methyl sites for hydroxylation is 1. The van der Waals surface area contributed by atoms with Crippen LogP contribution in [-0.2, 0) is 0 Å². The van der Waals surface area contributed by atoms with Gasteiger partial charge in [0.1, 0.15) is 5.82 Å². The van der Waals surface area contributed by atoms with Gasteiger partial charge in [-0.3, -0.25) is 0 Å². The Morgan fingerprint density at radius 3 is 2.92 bits per heavy atom. The molecule has 0 N–H and O–H groups in total. The molecule has 0 amide bonds. The number of ether oxygens (including phenoxy) is 1. The van der Waals surface area contributed by atoms with E-state index in [9.17, 15) is 9.18 Å². The van der Waals surface area contributed by atoms with Gasteiger partial charge in [-0.15, -0.1) is 0 Å². The molecule has 2 aliphatic heterocycles. The van der Waals surface area contributed by atoms with Gasteiger partial charge >= 0.3 is 5.69 Å². The van der Waals surface area contributed by atoms with Crippen LogP contribution in [0.25, 0.3) is 10.9 Å². The molecule has 1 saturated heterocycles. The quantitative estimate of drug-likeness (QED) is 0.568. The van der Waals surface area contributed by atoms with Crippen LogP contribution in [-0.4, -0.2) is 51.5 Å². The number of aromatic nitrogens is 2. The monoisotopic (exact) mass is 458 g/mol. The molecule has 0 radical (unpaired) electrons. The molecule has 2 aliphatic rings. The lowest BCUT2D eigenvalue weighted by atomic mass is 10.0. The highest BCUT2D eigenvalue weighted by Gasteiger charge is 2.36. The number of likely N-dealkylation sites (N-methyl/N-ethyl adjacent to an activating group) is 1. The molecule has 0 spiro atoms. The number of halogens is 2. The van der Waals surface area contributed by atoms with Crippen molar-refractivity contribution in [1.29, 1.82) is 0 Å². The molecular weight excluding hydrogens is 438 g/mol. The van der Waals surface area contributed by atoms with Crippen molar-refractivity contribution in [1.82, 2.24) is 12.7 Å². The van der Waals surface area contributed by atoms with Crippen LogP contribution < -0.4 is 15.3 Å². The third-order valence-corrected chi connectivity index (χ3v) is 6.03. The summed E-state index contributed by atoms with van der Waals surface area (Å²) in [5.41, 5.74) is 0.773. The fourth-order valence-electron chi connectivity index (χ4n) is 4.06. The van der Waals surface area contributed by atoms with Gasteiger partial charge in [0.15, 0.2) is 11.6 Å². The molecule has 2 unspecified atom stereocenters. The molecule has 134 valence electrons. The highest BCUT2D eigenvalue weighted by molar-refractivity contribution is 14.1. The summed E-state index contributed by atoms with van der Waals surface area (Å²) in [5, 5.41) is 0.596. The van der Waals surface area contributed by atoms with E-state index >= 15 is 0 Å². The minimum absolute atomic E-state index is 0.180. The molecule has 1 fully saturated rings. The summed E-state index contributed by atoms with van der Waals surface area (Å²) < 4.78 is 22.1. The molecular formula is C17H20FIN4O2. The molecule has 0 aliphatic carbocycles. The van der Waals surface area contributed by atoms with Gasteiger partial charge in [0.25, 0.3) is 0 Å². The minimum atomic E-state index is -0.370. The Morgan fingerprint density at radius 2 is 2.16 bits per heavy atom. The average Bonchev–Trinajstić information content (AvgIpc) is 2.53. The summed E-state index contributed by atoms with van der Waals surface area (Å²) >= 11 is 1.92. The van der Waals surface area contributed by atoms with Gasteiger partial charge in [-0.2, -0.15) is 4.98 Å². The van der Waals surface area contributed by atoms with E-state index in [2.05, 4.69) is 28.8 Å². The van der Waals surface area contributed by atoms with E-state index in [1.807, 2.05) is 22.9 Å². The Labute approximate surface area is 159 Å². The second kappa shape index (κ2) is 6.08. The maximum Gasteiger partial charge on any atom is 0.359 e. The number of hydrogen-bond acceptors (Lipinski definition) is 5. The fraction of sp³-hybridized carbons (Fsp3) is 0.529. The van der Waals surface area contributed by atoms with Crippen molar-refractivity contribution in [3.8, 4) is 5.75 Å². The standard InChI is InChI=1S/C17H20FIN4O2/c1-9-6-12-13-15(14(9)18)25-5-4-11-8-21(3)7-10(2)22(11)16(13)20-17(24)23(12)19/h6,10-11H,4-5,7-8H2,1-3H3. The maximum atomic E-state index is 14.8. The largest absolute Gasteiger partial charge is 0.490 e. The van der Waals surface area contributed by atoms with Crippen LogP contribution in [0.4, 0.5) is 10.2 Å². The normalized spacial score (nSPS) is 23.8. The molecule has 8 heteroatoms. The van der Waals surface area contributed by atoms with Crippen molar-refractivity contribution < 1.29 is 9.13 Å². The van der Waals surface area contributed by atoms with Crippen molar-refractivity contribution in [3.63, 3.8) is 0 Å². The summed E-state index contributed by atoms with van der Waals surface area (Å²) in [6, 6.07) is 2.07. The Hall–Kier alpha value is -1.42. The number of piperazine rings is 1. The van der Waals surface area contributed by atoms with Crippen LogP contribution in [0.5, 0.6) is 5.75 Å². The van der Waals surface area contributed by atoms with E-state index < -0.39 is 0 Å². The Morgan fingerprint density at radius 1 is 1.40 bits per heavy atom. The molecule has 6 nitrogen and oxygen atoms in total. The van der Waals surface area contributed by atoms with E-state index in [0.717, 1.165) is 19.5 Å². The number of hydrogen-bond donors (Lipinski definition) is 0. The summed E-state index contributed by atoms with van der Waals surface area (Å²) in [4.78, 5) is 21.3. The van der Waals surface area contributed by atoms with Gasteiger partial charge in [-0.05, 0) is 32.5 Å². The lowest BCUT2D eigenvalue weighted by Gasteiger charge is -2.46. The van der Waals surface area contributed by atoms with E-state index in [0.29, 0.717) is 28.9 Å². The first-order valence-electron chi connectivity index (χ1n) is 8.40. The van der Waals surface area contributed by atoms with Gasteiger partial charge in [0, 0.05) is 31.6 Å². The zero-order valence-electron chi connectivity index (χ0n) is 14.4. The first-order valence-corrected chi connectivity index (χ1v) is 9.36. The van der Waals surface area contributed by atoms with Crippen molar-refractivity contribution in [2.45, 2.75) is 32.4 Å². The summed E-state index contributed by atoms with van der Waals surface area (Å²) in [6.07, 6.45) is 0.762. The smallest absolute Gasteiger partial charge is 0.359 e. The number of benzene rings is 1. The van der Waals surface area contributed by atoms with Crippen LogP contribution in [0, 0.1) is 12.7 Å². The highest BCUT2D eigenvalue weighted by atomic mass is 127. The van der Waals surface area contributed by atoms with Crippen molar-refractivity contribution in [2.24, 2.45) is 0 Å². The van der Waals surface area contributed by atoms with Gasteiger partial charge in [0.05, 0.1) is 40.4 Å².